The van der Waals surface area contributed by atoms with Crippen LogP contribution in [0.3, 0.4) is 0 Å². The average molecular weight is 346 g/mol. The summed E-state index contributed by atoms with van der Waals surface area (Å²) in [4.78, 5) is 28.7. The van der Waals surface area contributed by atoms with Gasteiger partial charge in [-0.05, 0) is 29.5 Å². The van der Waals surface area contributed by atoms with Crippen molar-refractivity contribution in [3.8, 4) is 5.75 Å². The molecule has 5 heteroatoms. The fraction of sp³-hybridized carbons (Fsp3) is 0.600. The number of ether oxygens (including phenoxy) is 1. The van der Waals surface area contributed by atoms with Gasteiger partial charge in [0.05, 0.1) is 12.7 Å². The van der Waals surface area contributed by atoms with Crippen LogP contribution < -0.4 is 4.74 Å². The van der Waals surface area contributed by atoms with Crippen molar-refractivity contribution < 1.29 is 14.3 Å². The van der Waals surface area contributed by atoms with E-state index < -0.39 is 0 Å². The highest BCUT2D eigenvalue weighted by molar-refractivity contribution is 5.97. The van der Waals surface area contributed by atoms with Crippen LogP contribution in [-0.4, -0.2) is 54.9 Å². The number of hydrogen-bond donors (Lipinski definition) is 0. The zero-order valence-electron chi connectivity index (χ0n) is 16.0. The molecule has 0 saturated carbocycles. The standard InChI is InChI=1S/C20H30N2O3/c1-14(2)12-19(23)21-8-10-22(11-9-21)20(24)17-7-6-16(15(3)4)13-18(17)25-5/h6-7,13-15H,8-12H2,1-5H3. The summed E-state index contributed by atoms with van der Waals surface area (Å²) >= 11 is 0. The zero-order chi connectivity index (χ0) is 18.6. The van der Waals surface area contributed by atoms with E-state index in [0.717, 1.165) is 5.56 Å². The Morgan fingerprint density at radius 1 is 1.04 bits per heavy atom. The van der Waals surface area contributed by atoms with Gasteiger partial charge in [-0.2, -0.15) is 0 Å². The van der Waals surface area contributed by atoms with Crippen molar-refractivity contribution in [1.29, 1.82) is 0 Å². The van der Waals surface area contributed by atoms with Crippen molar-refractivity contribution >= 4 is 11.8 Å². The van der Waals surface area contributed by atoms with E-state index >= 15 is 0 Å². The highest BCUT2D eigenvalue weighted by atomic mass is 16.5. The molecule has 1 saturated heterocycles. The number of hydrogen-bond acceptors (Lipinski definition) is 3. The van der Waals surface area contributed by atoms with Gasteiger partial charge in [-0.1, -0.05) is 33.8 Å². The van der Waals surface area contributed by atoms with Crippen LogP contribution >= 0.6 is 0 Å². The van der Waals surface area contributed by atoms with Crippen LogP contribution in [0.4, 0.5) is 0 Å². The van der Waals surface area contributed by atoms with Gasteiger partial charge in [-0.15, -0.1) is 0 Å². The fourth-order valence-electron chi connectivity index (χ4n) is 3.05. The molecule has 0 bridgehead atoms. The molecular weight excluding hydrogens is 316 g/mol. The molecule has 0 unspecified atom stereocenters. The molecule has 0 N–H and O–H groups in total. The lowest BCUT2D eigenvalue weighted by Crippen LogP contribution is -2.50. The average Bonchev–Trinajstić information content (AvgIpc) is 2.60. The van der Waals surface area contributed by atoms with Gasteiger partial charge in [0.2, 0.25) is 5.91 Å². The van der Waals surface area contributed by atoms with Gasteiger partial charge >= 0.3 is 0 Å². The Hall–Kier alpha value is -2.04. The molecule has 0 atom stereocenters. The van der Waals surface area contributed by atoms with Gasteiger partial charge < -0.3 is 14.5 Å². The first-order chi connectivity index (χ1) is 11.8. The molecule has 0 aliphatic carbocycles. The Labute approximate surface area is 150 Å². The van der Waals surface area contributed by atoms with E-state index in [0.29, 0.717) is 55.7 Å². The van der Waals surface area contributed by atoms with E-state index in [1.165, 1.54) is 0 Å². The molecule has 25 heavy (non-hydrogen) atoms. The Kier molecular flexibility index (Phi) is 6.45. The first kappa shape index (κ1) is 19.3. The SMILES string of the molecule is COc1cc(C(C)C)ccc1C(=O)N1CCN(C(=O)CC(C)C)CC1. The molecule has 5 nitrogen and oxygen atoms in total. The maximum Gasteiger partial charge on any atom is 0.257 e. The van der Waals surface area contributed by atoms with Crippen LogP contribution in [0.5, 0.6) is 5.75 Å². The molecule has 2 amide bonds. The topological polar surface area (TPSA) is 49.9 Å². The second kappa shape index (κ2) is 8.37. The van der Waals surface area contributed by atoms with E-state index in [4.69, 9.17) is 4.74 Å². The van der Waals surface area contributed by atoms with Gasteiger partial charge in [0.15, 0.2) is 0 Å². The summed E-state index contributed by atoms with van der Waals surface area (Å²) in [7, 11) is 1.60. The van der Waals surface area contributed by atoms with Crippen LogP contribution in [0.15, 0.2) is 18.2 Å². The molecule has 1 aliphatic rings. The summed E-state index contributed by atoms with van der Waals surface area (Å²) in [6.45, 7) is 10.7. The maximum atomic E-state index is 12.9. The first-order valence-corrected chi connectivity index (χ1v) is 9.08. The second-order valence-corrected chi connectivity index (χ2v) is 7.39. The number of amides is 2. The highest BCUT2D eigenvalue weighted by Crippen LogP contribution is 2.26. The number of carbonyl (C=O) groups is 2. The van der Waals surface area contributed by atoms with Crippen LogP contribution in [0.25, 0.3) is 0 Å². The highest BCUT2D eigenvalue weighted by Gasteiger charge is 2.26. The molecular formula is C20H30N2O3. The molecule has 2 rings (SSSR count). The van der Waals surface area contributed by atoms with E-state index in [1.54, 1.807) is 7.11 Å². The molecule has 0 spiro atoms. The molecule has 138 valence electrons. The van der Waals surface area contributed by atoms with Crippen LogP contribution in [0.1, 0.15) is 56.0 Å². The number of piperazine rings is 1. The largest absolute Gasteiger partial charge is 0.496 e. The smallest absolute Gasteiger partial charge is 0.257 e. The molecule has 1 aromatic carbocycles. The second-order valence-electron chi connectivity index (χ2n) is 7.39. The lowest BCUT2D eigenvalue weighted by atomic mass is 10.0. The van der Waals surface area contributed by atoms with E-state index in [9.17, 15) is 9.59 Å². The Bertz CT molecular complexity index is 617. The Morgan fingerprint density at radius 2 is 1.64 bits per heavy atom. The quantitative estimate of drug-likeness (QED) is 0.823. The third kappa shape index (κ3) is 4.74. The van der Waals surface area contributed by atoms with E-state index in [-0.39, 0.29) is 11.8 Å². The van der Waals surface area contributed by atoms with Crippen molar-refractivity contribution in [3.05, 3.63) is 29.3 Å². The summed E-state index contributed by atoms with van der Waals surface area (Å²) in [5, 5.41) is 0. The van der Waals surface area contributed by atoms with Gasteiger partial charge in [-0.3, -0.25) is 9.59 Å². The van der Waals surface area contributed by atoms with Crippen molar-refractivity contribution in [2.24, 2.45) is 5.92 Å². The van der Waals surface area contributed by atoms with Crippen molar-refractivity contribution in [1.82, 2.24) is 9.80 Å². The summed E-state index contributed by atoms with van der Waals surface area (Å²) in [6.07, 6.45) is 0.568. The van der Waals surface area contributed by atoms with Gasteiger partial charge in [0.1, 0.15) is 5.75 Å². The molecule has 1 fully saturated rings. The molecule has 0 aromatic heterocycles. The molecule has 1 aliphatic heterocycles. The molecule has 1 aromatic rings. The summed E-state index contributed by atoms with van der Waals surface area (Å²) in [6, 6.07) is 5.79. The molecule has 0 radical (unpaired) electrons. The minimum atomic E-state index is -0.0249. The molecule has 1 heterocycles. The van der Waals surface area contributed by atoms with Crippen LogP contribution in [0.2, 0.25) is 0 Å². The van der Waals surface area contributed by atoms with E-state index in [1.807, 2.05) is 41.8 Å². The summed E-state index contributed by atoms with van der Waals surface area (Å²) in [5.74, 6) is 1.52. The summed E-state index contributed by atoms with van der Waals surface area (Å²) < 4.78 is 5.44. The van der Waals surface area contributed by atoms with Crippen molar-refractivity contribution in [3.63, 3.8) is 0 Å². The maximum absolute atomic E-state index is 12.9. The number of benzene rings is 1. The monoisotopic (exact) mass is 346 g/mol. The van der Waals surface area contributed by atoms with Gasteiger partial charge in [0.25, 0.3) is 5.91 Å². The van der Waals surface area contributed by atoms with Crippen molar-refractivity contribution in [2.75, 3.05) is 33.3 Å². The Morgan fingerprint density at radius 3 is 2.16 bits per heavy atom. The van der Waals surface area contributed by atoms with Crippen LogP contribution in [-0.2, 0) is 4.79 Å². The van der Waals surface area contributed by atoms with E-state index in [2.05, 4.69) is 13.8 Å². The number of carbonyl (C=O) groups excluding carboxylic acids is 2. The van der Waals surface area contributed by atoms with Gasteiger partial charge in [-0.25, -0.2) is 0 Å². The summed E-state index contributed by atoms with van der Waals surface area (Å²) in [5.41, 5.74) is 1.74. The third-order valence-electron chi connectivity index (χ3n) is 4.63. The predicted octanol–water partition coefficient (Wildman–Crippen LogP) is 3.15. The zero-order valence-corrected chi connectivity index (χ0v) is 16.0. The minimum Gasteiger partial charge on any atom is -0.496 e. The number of methoxy groups -OCH3 is 1. The number of rotatable bonds is 5. The first-order valence-electron chi connectivity index (χ1n) is 9.08. The fourth-order valence-corrected chi connectivity index (χ4v) is 3.05. The lowest BCUT2D eigenvalue weighted by molar-refractivity contribution is -0.133. The Balaban J connectivity index is 2.04. The van der Waals surface area contributed by atoms with Gasteiger partial charge in [0, 0.05) is 32.6 Å². The predicted molar refractivity (Wildman–Crippen MR) is 99.0 cm³/mol. The minimum absolute atomic E-state index is 0.0249. The normalized spacial score (nSPS) is 15.0. The van der Waals surface area contributed by atoms with Crippen molar-refractivity contribution in [2.45, 2.75) is 40.0 Å². The lowest BCUT2D eigenvalue weighted by Gasteiger charge is -2.35. The third-order valence-corrected chi connectivity index (χ3v) is 4.63. The number of nitrogens with zero attached hydrogens (tertiary/aromatic N) is 2. The van der Waals surface area contributed by atoms with Crippen LogP contribution in [0, 0.1) is 5.92 Å².